The summed E-state index contributed by atoms with van der Waals surface area (Å²) in [5, 5.41) is 2.57. The largest absolute Gasteiger partial charge is 0.457 e. The Morgan fingerprint density at radius 1 is 0.926 bits per heavy atom. The number of imide groups is 2. The van der Waals surface area contributed by atoms with E-state index in [1.54, 1.807) is 24.3 Å². The molecular weight excluding hydrogens is 350 g/mol. The van der Waals surface area contributed by atoms with Gasteiger partial charge in [-0.3, -0.25) is 19.3 Å². The highest BCUT2D eigenvalue weighted by Crippen LogP contribution is 2.23. The number of likely N-dealkylation sites (N-methyl/N-ethyl adjacent to an activating group) is 1. The van der Waals surface area contributed by atoms with E-state index in [-0.39, 0.29) is 0 Å². The molecule has 0 spiro atoms. The van der Waals surface area contributed by atoms with Crippen LogP contribution in [0.2, 0.25) is 0 Å². The Kier molecular flexibility index (Phi) is 4.89. The van der Waals surface area contributed by atoms with Gasteiger partial charge in [0, 0.05) is 12.7 Å². The number of anilines is 1. The predicted octanol–water partition coefficient (Wildman–Crippen LogP) is 2.15. The van der Waals surface area contributed by atoms with Crippen LogP contribution in [0.25, 0.3) is 0 Å². The molecule has 0 unspecified atom stereocenters. The van der Waals surface area contributed by atoms with Crippen molar-refractivity contribution in [2.45, 2.75) is 6.92 Å². The fourth-order valence-corrected chi connectivity index (χ4v) is 2.45. The number of nitrogens with zero attached hydrogens (tertiary/aromatic N) is 2. The molecule has 0 saturated carbocycles. The molecule has 0 atom stereocenters. The number of aryl methyl sites for hydroxylation is 1. The number of hydrogen-bond donors (Lipinski definition) is 1. The third-order valence-corrected chi connectivity index (χ3v) is 3.95. The van der Waals surface area contributed by atoms with E-state index in [0.717, 1.165) is 5.56 Å². The number of carbonyl (C=O) groups excluding carboxylic acids is 4. The number of urea groups is 1. The average Bonchev–Trinajstić information content (AvgIpc) is 2.83. The van der Waals surface area contributed by atoms with E-state index < -0.39 is 30.3 Å². The summed E-state index contributed by atoms with van der Waals surface area (Å²) in [5.41, 5.74) is 1.60. The highest BCUT2D eigenvalue weighted by atomic mass is 16.5. The van der Waals surface area contributed by atoms with Gasteiger partial charge in [-0.2, -0.15) is 0 Å². The van der Waals surface area contributed by atoms with Crippen LogP contribution < -0.4 is 10.1 Å². The first-order valence-corrected chi connectivity index (χ1v) is 8.13. The molecule has 1 heterocycles. The molecule has 1 saturated heterocycles. The third kappa shape index (κ3) is 3.95. The van der Waals surface area contributed by atoms with Crippen LogP contribution in [0.4, 0.5) is 10.5 Å². The lowest BCUT2D eigenvalue weighted by molar-refractivity contribution is -0.143. The molecule has 0 aromatic heterocycles. The summed E-state index contributed by atoms with van der Waals surface area (Å²) < 4.78 is 5.70. The first-order valence-electron chi connectivity index (χ1n) is 8.13. The fourth-order valence-electron chi connectivity index (χ4n) is 2.45. The van der Waals surface area contributed by atoms with Gasteiger partial charge in [0.2, 0.25) is 5.91 Å². The van der Waals surface area contributed by atoms with Crippen molar-refractivity contribution < 1.29 is 23.9 Å². The standard InChI is InChI=1S/C19H17N3O5/c1-12-3-7-14(8-4-12)27-15-9-5-13(6-10-15)20-16(23)11-22-18(25)17(24)21(2)19(22)26/h3-10H,11H2,1-2H3,(H,20,23). The molecule has 2 aromatic carbocycles. The zero-order valence-electron chi connectivity index (χ0n) is 14.8. The lowest BCUT2D eigenvalue weighted by Gasteiger charge is -2.13. The molecule has 0 bridgehead atoms. The third-order valence-electron chi connectivity index (χ3n) is 3.95. The van der Waals surface area contributed by atoms with Crippen LogP contribution in [-0.2, 0) is 14.4 Å². The summed E-state index contributed by atoms with van der Waals surface area (Å²) >= 11 is 0. The maximum absolute atomic E-state index is 12.1. The molecule has 1 N–H and O–H groups in total. The van der Waals surface area contributed by atoms with Crippen LogP contribution in [0, 0.1) is 6.92 Å². The SMILES string of the molecule is Cc1ccc(Oc2ccc(NC(=O)CN3C(=O)C(=O)N(C)C3=O)cc2)cc1. The number of benzene rings is 2. The van der Waals surface area contributed by atoms with E-state index in [9.17, 15) is 19.2 Å². The fraction of sp³-hybridized carbons (Fsp3) is 0.158. The van der Waals surface area contributed by atoms with Crippen molar-refractivity contribution in [2.24, 2.45) is 0 Å². The van der Waals surface area contributed by atoms with Gasteiger partial charge in [0.25, 0.3) is 0 Å². The van der Waals surface area contributed by atoms with Crippen molar-refractivity contribution in [2.75, 3.05) is 18.9 Å². The van der Waals surface area contributed by atoms with Crippen LogP contribution in [0.3, 0.4) is 0 Å². The first-order chi connectivity index (χ1) is 12.8. The molecule has 8 nitrogen and oxygen atoms in total. The molecule has 0 radical (unpaired) electrons. The second-order valence-electron chi connectivity index (χ2n) is 6.03. The zero-order valence-corrected chi connectivity index (χ0v) is 14.8. The van der Waals surface area contributed by atoms with Crippen LogP contribution >= 0.6 is 0 Å². The van der Waals surface area contributed by atoms with Gasteiger partial charge in [-0.15, -0.1) is 0 Å². The van der Waals surface area contributed by atoms with E-state index in [1.807, 2.05) is 31.2 Å². The second-order valence-corrected chi connectivity index (χ2v) is 6.03. The van der Waals surface area contributed by atoms with Gasteiger partial charge < -0.3 is 10.1 Å². The molecule has 138 valence electrons. The minimum atomic E-state index is -1.01. The van der Waals surface area contributed by atoms with Crippen molar-refractivity contribution in [1.29, 1.82) is 0 Å². The minimum Gasteiger partial charge on any atom is -0.457 e. The molecule has 1 fully saturated rings. The quantitative estimate of drug-likeness (QED) is 0.645. The Bertz CT molecular complexity index is 906. The topological polar surface area (TPSA) is 96.0 Å². The van der Waals surface area contributed by atoms with E-state index in [1.165, 1.54) is 7.05 Å². The Morgan fingerprint density at radius 2 is 1.48 bits per heavy atom. The monoisotopic (exact) mass is 367 g/mol. The van der Waals surface area contributed by atoms with E-state index in [0.29, 0.717) is 27.0 Å². The van der Waals surface area contributed by atoms with Crippen LogP contribution in [-0.4, -0.2) is 47.1 Å². The molecule has 3 rings (SSSR count). The van der Waals surface area contributed by atoms with E-state index in [4.69, 9.17) is 4.74 Å². The Balaban J connectivity index is 1.58. The lowest BCUT2D eigenvalue weighted by Crippen LogP contribution is -2.38. The number of carbonyl (C=O) groups is 4. The number of rotatable bonds is 5. The van der Waals surface area contributed by atoms with Gasteiger partial charge in [0.1, 0.15) is 18.0 Å². The van der Waals surface area contributed by atoms with Crippen molar-refractivity contribution in [3.63, 3.8) is 0 Å². The Hall–Kier alpha value is -3.68. The van der Waals surface area contributed by atoms with Crippen molar-refractivity contribution in [3.05, 3.63) is 54.1 Å². The summed E-state index contributed by atoms with van der Waals surface area (Å²) in [6.45, 7) is 1.45. The minimum absolute atomic E-state index is 0.468. The molecule has 1 aliphatic rings. The van der Waals surface area contributed by atoms with Crippen molar-refractivity contribution in [3.8, 4) is 11.5 Å². The Morgan fingerprint density at radius 3 is 2.00 bits per heavy atom. The molecule has 0 aliphatic carbocycles. The Labute approximate surface area is 155 Å². The maximum atomic E-state index is 12.1. The summed E-state index contributed by atoms with van der Waals surface area (Å²) in [7, 11) is 1.19. The summed E-state index contributed by atoms with van der Waals surface area (Å²) in [5.74, 6) is -1.27. The number of ether oxygens (including phenoxy) is 1. The summed E-state index contributed by atoms with van der Waals surface area (Å²) in [6, 6.07) is 13.4. The number of nitrogens with one attached hydrogen (secondary N) is 1. The molecule has 5 amide bonds. The molecule has 8 heteroatoms. The number of amides is 5. The first kappa shape index (κ1) is 18.1. The predicted molar refractivity (Wildman–Crippen MR) is 96.2 cm³/mol. The molecule has 27 heavy (non-hydrogen) atoms. The zero-order chi connectivity index (χ0) is 19.6. The highest BCUT2D eigenvalue weighted by Gasteiger charge is 2.42. The van der Waals surface area contributed by atoms with Crippen molar-refractivity contribution >= 4 is 29.4 Å². The van der Waals surface area contributed by atoms with Crippen molar-refractivity contribution in [1.82, 2.24) is 9.80 Å². The van der Waals surface area contributed by atoms with Gasteiger partial charge >= 0.3 is 17.8 Å². The van der Waals surface area contributed by atoms with Crippen LogP contribution in [0.1, 0.15) is 5.56 Å². The molecule has 2 aromatic rings. The summed E-state index contributed by atoms with van der Waals surface area (Å²) in [6.07, 6.45) is 0. The number of hydrogen-bond acceptors (Lipinski definition) is 5. The average molecular weight is 367 g/mol. The molecular formula is C19H17N3O5. The lowest BCUT2D eigenvalue weighted by atomic mass is 10.2. The summed E-state index contributed by atoms with van der Waals surface area (Å²) in [4.78, 5) is 48.2. The van der Waals surface area contributed by atoms with Gasteiger partial charge in [-0.05, 0) is 43.3 Å². The van der Waals surface area contributed by atoms with Gasteiger partial charge in [-0.25, -0.2) is 9.69 Å². The molecule has 1 aliphatic heterocycles. The van der Waals surface area contributed by atoms with Crippen LogP contribution in [0.15, 0.2) is 48.5 Å². The van der Waals surface area contributed by atoms with E-state index >= 15 is 0 Å². The van der Waals surface area contributed by atoms with Gasteiger partial charge in [0.15, 0.2) is 0 Å². The normalized spacial score (nSPS) is 13.9. The second kappa shape index (κ2) is 7.28. The smallest absolute Gasteiger partial charge is 0.334 e. The van der Waals surface area contributed by atoms with Crippen LogP contribution in [0.5, 0.6) is 11.5 Å². The highest BCUT2D eigenvalue weighted by molar-refractivity contribution is 6.44. The van der Waals surface area contributed by atoms with Gasteiger partial charge in [-0.1, -0.05) is 17.7 Å². The van der Waals surface area contributed by atoms with Gasteiger partial charge in [0.05, 0.1) is 0 Å². The maximum Gasteiger partial charge on any atom is 0.334 e. The van der Waals surface area contributed by atoms with E-state index in [2.05, 4.69) is 5.32 Å².